The first-order chi connectivity index (χ1) is 12.5. The van der Waals surface area contributed by atoms with Crippen molar-refractivity contribution in [2.24, 2.45) is 0 Å². The highest BCUT2D eigenvalue weighted by molar-refractivity contribution is 7.98. The first-order valence-corrected chi connectivity index (χ1v) is 10.2. The maximum absolute atomic E-state index is 11.9. The summed E-state index contributed by atoms with van der Waals surface area (Å²) in [6.07, 6.45) is 0.538. The van der Waals surface area contributed by atoms with E-state index in [4.69, 9.17) is 4.74 Å². The lowest BCUT2D eigenvalue weighted by atomic mass is 9.86. The van der Waals surface area contributed by atoms with E-state index in [0.29, 0.717) is 19.6 Å². The molecule has 0 aliphatic carbocycles. The van der Waals surface area contributed by atoms with Gasteiger partial charge in [-0.1, -0.05) is 69.3 Å². The molecule has 0 bridgehead atoms. The summed E-state index contributed by atoms with van der Waals surface area (Å²) >= 11 is 1.78. The van der Waals surface area contributed by atoms with Crippen LogP contribution in [0.2, 0.25) is 0 Å². The summed E-state index contributed by atoms with van der Waals surface area (Å²) in [6.45, 7) is 7.52. The van der Waals surface area contributed by atoms with Crippen LogP contribution in [-0.2, 0) is 16.0 Å². The lowest BCUT2D eigenvalue weighted by Gasteiger charge is -2.22. The summed E-state index contributed by atoms with van der Waals surface area (Å²) in [5.74, 6) is 2.75. The molecule has 0 saturated heterocycles. The van der Waals surface area contributed by atoms with Gasteiger partial charge in [-0.3, -0.25) is 4.79 Å². The molecule has 4 heteroatoms. The number of benzene rings is 2. The van der Waals surface area contributed by atoms with E-state index in [0.717, 1.165) is 17.3 Å². The molecule has 0 aliphatic rings. The molecule has 2 aromatic rings. The average Bonchev–Trinajstić information content (AvgIpc) is 2.63. The van der Waals surface area contributed by atoms with Crippen LogP contribution in [0.3, 0.4) is 0 Å². The second kappa shape index (κ2) is 10.3. The van der Waals surface area contributed by atoms with Crippen molar-refractivity contribution in [2.75, 3.05) is 18.9 Å². The number of amides is 1. The molecule has 0 aliphatic heterocycles. The van der Waals surface area contributed by atoms with Gasteiger partial charge in [0.25, 0.3) is 0 Å². The van der Waals surface area contributed by atoms with Gasteiger partial charge in [0.15, 0.2) is 0 Å². The Hall–Kier alpha value is -1.94. The molecule has 0 fully saturated rings. The zero-order valence-electron chi connectivity index (χ0n) is 16.0. The Balaban J connectivity index is 1.62. The number of nitrogens with one attached hydrogen (secondary N) is 1. The first-order valence-electron chi connectivity index (χ1n) is 9.07. The van der Waals surface area contributed by atoms with Gasteiger partial charge in [-0.05, 0) is 22.6 Å². The van der Waals surface area contributed by atoms with Crippen LogP contribution in [0.1, 0.15) is 38.3 Å². The van der Waals surface area contributed by atoms with E-state index in [1.165, 1.54) is 11.1 Å². The van der Waals surface area contributed by atoms with Crippen LogP contribution < -0.4 is 10.1 Å². The molecule has 26 heavy (non-hydrogen) atoms. The van der Waals surface area contributed by atoms with Crippen molar-refractivity contribution in [3.63, 3.8) is 0 Å². The maximum atomic E-state index is 11.9. The molecule has 2 rings (SSSR count). The van der Waals surface area contributed by atoms with Gasteiger partial charge in [0.1, 0.15) is 12.4 Å². The lowest BCUT2D eigenvalue weighted by molar-refractivity contribution is -0.120. The molecular formula is C22H29NO2S. The Morgan fingerprint density at radius 1 is 1.04 bits per heavy atom. The van der Waals surface area contributed by atoms with Crippen molar-refractivity contribution in [3.05, 3.63) is 65.7 Å². The number of ether oxygens (including phenoxy) is 1. The van der Waals surface area contributed by atoms with Crippen molar-refractivity contribution in [2.45, 2.75) is 38.4 Å². The summed E-state index contributed by atoms with van der Waals surface area (Å²) in [7, 11) is 0. The fourth-order valence-electron chi connectivity index (χ4n) is 2.58. The van der Waals surface area contributed by atoms with Crippen LogP contribution in [0.15, 0.2) is 54.6 Å². The summed E-state index contributed by atoms with van der Waals surface area (Å²) in [5.41, 5.74) is 2.52. The van der Waals surface area contributed by atoms with Gasteiger partial charge in [-0.15, -0.1) is 0 Å². The van der Waals surface area contributed by atoms with Crippen molar-refractivity contribution in [1.29, 1.82) is 0 Å². The minimum atomic E-state index is 0.0375. The van der Waals surface area contributed by atoms with Crippen molar-refractivity contribution in [3.8, 4) is 5.75 Å². The Morgan fingerprint density at radius 2 is 1.73 bits per heavy atom. The van der Waals surface area contributed by atoms with Crippen molar-refractivity contribution >= 4 is 17.7 Å². The molecule has 3 nitrogen and oxygen atoms in total. The standard InChI is InChI=1S/C22H29NO2S/c1-22(2,3)19-11-7-8-12-20(19)25-15-14-23-21(24)13-16-26-17-18-9-5-4-6-10-18/h4-12H,13-17H2,1-3H3,(H,23,24). The van der Waals surface area contributed by atoms with E-state index in [9.17, 15) is 4.79 Å². The molecule has 0 radical (unpaired) electrons. The second-order valence-electron chi connectivity index (χ2n) is 7.23. The quantitative estimate of drug-likeness (QED) is 0.643. The van der Waals surface area contributed by atoms with Crippen molar-refractivity contribution in [1.82, 2.24) is 5.32 Å². The highest BCUT2D eigenvalue weighted by Gasteiger charge is 2.18. The molecule has 0 unspecified atom stereocenters. The Labute approximate surface area is 161 Å². The smallest absolute Gasteiger partial charge is 0.220 e. The minimum absolute atomic E-state index is 0.0375. The predicted molar refractivity (Wildman–Crippen MR) is 111 cm³/mol. The van der Waals surface area contributed by atoms with E-state index in [-0.39, 0.29) is 11.3 Å². The van der Waals surface area contributed by atoms with Gasteiger partial charge in [0, 0.05) is 17.9 Å². The minimum Gasteiger partial charge on any atom is -0.491 e. The molecule has 140 valence electrons. The van der Waals surface area contributed by atoms with Gasteiger partial charge in [-0.25, -0.2) is 0 Å². The van der Waals surface area contributed by atoms with Gasteiger partial charge in [0.2, 0.25) is 5.91 Å². The van der Waals surface area contributed by atoms with Crippen LogP contribution in [0.5, 0.6) is 5.75 Å². The third-order valence-corrected chi connectivity index (χ3v) is 4.99. The number of carbonyl (C=O) groups is 1. The van der Waals surface area contributed by atoms with Gasteiger partial charge in [-0.2, -0.15) is 11.8 Å². The SMILES string of the molecule is CC(C)(C)c1ccccc1OCCNC(=O)CCSCc1ccccc1. The van der Waals surface area contributed by atoms with Crippen LogP contribution in [0.4, 0.5) is 0 Å². The molecule has 0 saturated carbocycles. The number of carbonyl (C=O) groups excluding carboxylic acids is 1. The Morgan fingerprint density at radius 3 is 2.46 bits per heavy atom. The highest BCUT2D eigenvalue weighted by atomic mass is 32.2. The lowest BCUT2D eigenvalue weighted by Crippen LogP contribution is -2.28. The van der Waals surface area contributed by atoms with E-state index in [2.05, 4.69) is 44.3 Å². The number of hydrogen-bond acceptors (Lipinski definition) is 3. The Kier molecular flexibility index (Phi) is 8.05. The molecular weight excluding hydrogens is 342 g/mol. The third kappa shape index (κ3) is 7.12. The van der Waals surface area contributed by atoms with Crippen LogP contribution in [-0.4, -0.2) is 24.8 Å². The average molecular weight is 372 g/mol. The third-order valence-electron chi connectivity index (χ3n) is 3.96. The molecule has 0 aromatic heterocycles. The normalized spacial score (nSPS) is 11.2. The number of hydrogen-bond donors (Lipinski definition) is 1. The summed E-state index contributed by atoms with van der Waals surface area (Å²) < 4.78 is 5.88. The monoisotopic (exact) mass is 371 g/mol. The summed E-state index contributed by atoms with van der Waals surface area (Å²) in [6, 6.07) is 18.4. The van der Waals surface area contributed by atoms with E-state index in [1.807, 2.05) is 36.4 Å². The highest BCUT2D eigenvalue weighted by Crippen LogP contribution is 2.30. The molecule has 0 spiro atoms. The Bertz CT molecular complexity index is 680. The van der Waals surface area contributed by atoms with Gasteiger partial charge in [0.05, 0.1) is 6.54 Å². The van der Waals surface area contributed by atoms with E-state index >= 15 is 0 Å². The van der Waals surface area contributed by atoms with E-state index in [1.54, 1.807) is 11.8 Å². The van der Waals surface area contributed by atoms with Crippen molar-refractivity contribution < 1.29 is 9.53 Å². The summed E-state index contributed by atoms with van der Waals surface area (Å²) in [5, 5.41) is 2.93. The molecule has 1 N–H and O–H groups in total. The number of thioether (sulfide) groups is 1. The molecule has 2 aromatic carbocycles. The van der Waals surface area contributed by atoms with Gasteiger partial charge >= 0.3 is 0 Å². The van der Waals surface area contributed by atoms with E-state index < -0.39 is 0 Å². The van der Waals surface area contributed by atoms with Crippen LogP contribution in [0.25, 0.3) is 0 Å². The number of rotatable bonds is 9. The molecule has 1 amide bonds. The fourth-order valence-corrected chi connectivity index (χ4v) is 3.48. The van der Waals surface area contributed by atoms with Crippen LogP contribution >= 0.6 is 11.8 Å². The second-order valence-corrected chi connectivity index (χ2v) is 8.34. The first kappa shape index (κ1) is 20.4. The van der Waals surface area contributed by atoms with Crippen LogP contribution in [0, 0.1) is 0 Å². The fraction of sp³-hybridized carbons (Fsp3) is 0.409. The largest absolute Gasteiger partial charge is 0.491 e. The number of para-hydroxylation sites is 1. The zero-order chi connectivity index (χ0) is 18.8. The summed E-state index contributed by atoms with van der Waals surface area (Å²) in [4.78, 5) is 11.9. The van der Waals surface area contributed by atoms with Gasteiger partial charge < -0.3 is 10.1 Å². The zero-order valence-corrected chi connectivity index (χ0v) is 16.8. The topological polar surface area (TPSA) is 38.3 Å². The molecule has 0 heterocycles. The maximum Gasteiger partial charge on any atom is 0.220 e. The predicted octanol–water partition coefficient (Wildman–Crippen LogP) is 4.80. The molecule has 0 atom stereocenters.